The molecule has 5 rings (SSSR count). The Labute approximate surface area is 193 Å². The van der Waals surface area contributed by atoms with Crippen molar-refractivity contribution in [3.8, 4) is 11.4 Å². The fourth-order valence-corrected chi connectivity index (χ4v) is 4.58. The number of H-pyrrole nitrogens is 1. The minimum absolute atomic E-state index is 0.149. The fourth-order valence-electron chi connectivity index (χ4n) is 4.58. The Morgan fingerprint density at radius 1 is 1.14 bits per heavy atom. The molecule has 0 bridgehead atoms. The third-order valence-electron chi connectivity index (χ3n) is 6.54. The second kappa shape index (κ2) is 7.57. The number of amides is 2. The molecule has 1 spiro atoms. The number of aliphatic hydroxyl groups is 1. The van der Waals surface area contributed by atoms with E-state index in [1.54, 1.807) is 0 Å². The first-order valence-electron chi connectivity index (χ1n) is 10.6. The van der Waals surface area contributed by atoms with Crippen molar-refractivity contribution in [3.05, 3.63) is 24.7 Å². The van der Waals surface area contributed by atoms with Gasteiger partial charge in [-0.15, -0.1) is 0 Å². The summed E-state index contributed by atoms with van der Waals surface area (Å²) in [7, 11) is 0. The zero-order chi connectivity index (χ0) is 25.2. The molecule has 3 aromatic rings. The van der Waals surface area contributed by atoms with Gasteiger partial charge in [-0.3, -0.25) is 14.8 Å². The number of piperidine rings is 1. The van der Waals surface area contributed by atoms with Gasteiger partial charge in [-0.25, -0.2) is 4.79 Å². The van der Waals surface area contributed by atoms with Crippen molar-refractivity contribution < 1.29 is 36.2 Å². The lowest BCUT2D eigenvalue weighted by Gasteiger charge is -2.45. The number of hydrogen-bond acceptors (Lipinski definition) is 5. The summed E-state index contributed by atoms with van der Waals surface area (Å²) >= 11 is 0. The summed E-state index contributed by atoms with van der Waals surface area (Å²) in [4.78, 5) is 18.5. The van der Waals surface area contributed by atoms with E-state index in [-0.39, 0.29) is 29.1 Å². The Kier molecular flexibility index (Phi) is 5.06. The van der Waals surface area contributed by atoms with Crippen LogP contribution in [0.1, 0.15) is 25.7 Å². The van der Waals surface area contributed by atoms with E-state index in [9.17, 15) is 36.2 Å². The van der Waals surface area contributed by atoms with E-state index in [0.29, 0.717) is 18.2 Å². The number of hydrogen-bond donors (Lipinski definition) is 3. The van der Waals surface area contributed by atoms with Crippen molar-refractivity contribution >= 4 is 22.6 Å². The van der Waals surface area contributed by atoms with E-state index in [1.807, 2.05) is 0 Å². The normalized spacial score (nSPS) is 22.1. The number of carbonyl (C=O) groups is 1. The van der Waals surface area contributed by atoms with Crippen LogP contribution in [-0.2, 0) is 6.54 Å². The van der Waals surface area contributed by atoms with Crippen molar-refractivity contribution in [1.29, 1.82) is 0 Å². The van der Waals surface area contributed by atoms with Crippen molar-refractivity contribution in [1.82, 2.24) is 29.9 Å². The first-order valence-corrected chi connectivity index (χ1v) is 10.6. The maximum Gasteiger partial charge on any atom is 0.417 e. The predicted molar refractivity (Wildman–Crippen MR) is 109 cm³/mol. The molecule has 1 saturated heterocycles. The quantitative estimate of drug-likeness (QED) is 0.471. The first-order chi connectivity index (χ1) is 16.3. The topological polar surface area (TPSA) is 112 Å². The molecule has 188 valence electrons. The molecule has 9 nitrogen and oxygen atoms in total. The molecule has 1 atom stereocenters. The van der Waals surface area contributed by atoms with E-state index in [1.165, 1.54) is 29.6 Å². The van der Waals surface area contributed by atoms with Gasteiger partial charge in [-0.05, 0) is 18.9 Å². The lowest BCUT2D eigenvalue weighted by Crippen LogP contribution is -2.60. The van der Waals surface area contributed by atoms with Crippen LogP contribution >= 0.6 is 0 Å². The number of aromatic amines is 1. The third kappa shape index (κ3) is 4.17. The summed E-state index contributed by atoms with van der Waals surface area (Å²) in [5.74, 6) is 0. The molecule has 1 aliphatic heterocycles. The Morgan fingerprint density at radius 3 is 2.54 bits per heavy atom. The molecule has 35 heavy (non-hydrogen) atoms. The number of pyridine rings is 1. The van der Waals surface area contributed by atoms with Crippen LogP contribution in [0, 0.1) is 0 Å². The van der Waals surface area contributed by atoms with Gasteiger partial charge < -0.3 is 15.3 Å². The molecule has 0 radical (unpaired) electrons. The fraction of sp³-hybridized carbons (Fsp3) is 0.500. The van der Waals surface area contributed by atoms with Crippen molar-refractivity contribution in [2.75, 3.05) is 11.9 Å². The summed E-state index contributed by atoms with van der Waals surface area (Å²) < 4.78 is 79.3. The van der Waals surface area contributed by atoms with E-state index in [2.05, 4.69) is 25.6 Å². The molecule has 4 heterocycles. The van der Waals surface area contributed by atoms with Gasteiger partial charge in [-0.2, -0.15) is 36.5 Å². The number of rotatable bonds is 3. The zero-order valence-electron chi connectivity index (χ0n) is 17.9. The van der Waals surface area contributed by atoms with Gasteiger partial charge in [0.25, 0.3) is 0 Å². The molecular formula is C20H19F6N7O2. The number of nitrogens with one attached hydrogen (secondary N) is 2. The van der Waals surface area contributed by atoms with Gasteiger partial charge in [0.1, 0.15) is 12.2 Å². The highest BCUT2D eigenvalue weighted by molar-refractivity contribution is 5.94. The lowest BCUT2D eigenvalue weighted by molar-refractivity contribution is -0.277. The predicted octanol–water partition coefficient (Wildman–Crippen LogP) is 3.84. The molecule has 2 fully saturated rings. The highest BCUT2D eigenvalue weighted by Gasteiger charge is 2.65. The number of fused-ring (bicyclic) bond motifs is 1. The number of halogens is 6. The molecule has 2 aliphatic rings. The molecule has 2 amide bonds. The Hall–Kier alpha value is -3.36. The second-order valence-electron chi connectivity index (χ2n) is 8.97. The summed E-state index contributed by atoms with van der Waals surface area (Å²) in [5.41, 5.74) is -3.23. The van der Waals surface area contributed by atoms with Gasteiger partial charge >= 0.3 is 18.4 Å². The largest absolute Gasteiger partial charge is 0.417 e. The number of anilines is 1. The van der Waals surface area contributed by atoms with Gasteiger partial charge in [0.05, 0.1) is 29.3 Å². The van der Waals surface area contributed by atoms with Crippen molar-refractivity contribution in [2.24, 2.45) is 0 Å². The van der Waals surface area contributed by atoms with Crippen LogP contribution in [0.15, 0.2) is 24.7 Å². The van der Waals surface area contributed by atoms with Crippen LogP contribution in [-0.4, -0.2) is 71.0 Å². The smallest absolute Gasteiger partial charge is 0.380 e. The summed E-state index contributed by atoms with van der Waals surface area (Å²) in [5, 5.41) is 23.3. The third-order valence-corrected chi connectivity index (χ3v) is 6.54. The molecule has 1 saturated carbocycles. The van der Waals surface area contributed by atoms with Crippen LogP contribution < -0.4 is 5.32 Å². The minimum Gasteiger partial charge on any atom is -0.380 e. The number of likely N-dealkylation sites (tertiary alicyclic amines) is 1. The van der Waals surface area contributed by atoms with E-state index >= 15 is 0 Å². The van der Waals surface area contributed by atoms with E-state index < -0.39 is 48.9 Å². The lowest BCUT2D eigenvalue weighted by atomic mass is 9.84. The first kappa shape index (κ1) is 23.4. The van der Waals surface area contributed by atoms with Crippen molar-refractivity contribution in [3.63, 3.8) is 0 Å². The van der Waals surface area contributed by atoms with Crippen LogP contribution in [0.25, 0.3) is 22.3 Å². The Balaban J connectivity index is 1.37. The summed E-state index contributed by atoms with van der Waals surface area (Å²) in [6, 6.07) is 0.696. The van der Waals surface area contributed by atoms with Crippen molar-refractivity contribution in [2.45, 2.75) is 55.7 Å². The number of aromatic nitrogens is 5. The zero-order valence-corrected chi connectivity index (χ0v) is 17.9. The van der Waals surface area contributed by atoms with Gasteiger partial charge in [0.15, 0.2) is 5.60 Å². The number of carbonyl (C=O) groups excluding carboxylic acids is 1. The van der Waals surface area contributed by atoms with Crippen LogP contribution in [0.2, 0.25) is 0 Å². The molecule has 15 heteroatoms. The standard InChI is InChI=1S/C20H19F6N7O2/c21-19(22,23)10-33-14-5-12(27-6-11(14)7-29-33)15-13(8-28-31-15)30-16(34)32-4-3-18(35,20(24,25)26)9-17(32)1-2-17/h5-8,35H,1-4,9-10H2,(H,28,31)(H,30,34). The average molecular weight is 503 g/mol. The van der Waals surface area contributed by atoms with Gasteiger partial charge in [0, 0.05) is 36.5 Å². The maximum absolute atomic E-state index is 13.3. The van der Waals surface area contributed by atoms with Gasteiger partial charge in [0.2, 0.25) is 0 Å². The van der Waals surface area contributed by atoms with Crippen LogP contribution in [0.5, 0.6) is 0 Å². The van der Waals surface area contributed by atoms with Crippen LogP contribution in [0.4, 0.5) is 36.8 Å². The van der Waals surface area contributed by atoms with Crippen LogP contribution in [0.3, 0.4) is 0 Å². The molecule has 3 aromatic heterocycles. The number of urea groups is 1. The maximum atomic E-state index is 13.3. The molecular weight excluding hydrogens is 484 g/mol. The molecule has 3 N–H and O–H groups in total. The highest BCUT2D eigenvalue weighted by Crippen LogP contribution is 2.55. The Bertz CT molecular complexity index is 1280. The SMILES string of the molecule is O=C(Nc1cn[nH]c1-c1cc2c(cn1)cnn2CC(F)(F)F)N1CCC(O)(C(F)(F)F)CC12CC2. The minimum atomic E-state index is -4.80. The molecule has 1 unspecified atom stereocenters. The second-order valence-corrected chi connectivity index (χ2v) is 8.97. The monoisotopic (exact) mass is 503 g/mol. The van der Waals surface area contributed by atoms with E-state index in [4.69, 9.17) is 0 Å². The van der Waals surface area contributed by atoms with Gasteiger partial charge in [-0.1, -0.05) is 0 Å². The molecule has 1 aliphatic carbocycles. The average Bonchev–Trinajstić information content (AvgIpc) is 3.16. The summed E-state index contributed by atoms with van der Waals surface area (Å²) in [6.45, 7) is -1.59. The number of alkyl halides is 6. The number of nitrogens with zero attached hydrogens (tertiary/aromatic N) is 5. The highest BCUT2D eigenvalue weighted by atomic mass is 19.4. The Morgan fingerprint density at radius 2 is 1.89 bits per heavy atom. The van der Waals surface area contributed by atoms with E-state index in [0.717, 1.165) is 4.68 Å². The molecule has 0 aromatic carbocycles. The summed E-state index contributed by atoms with van der Waals surface area (Å²) in [6.07, 6.45) is -6.02.